The van der Waals surface area contributed by atoms with Gasteiger partial charge in [0.1, 0.15) is 0 Å². The first-order valence-electron chi connectivity index (χ1n) is 6.91. The van der Waals surface area contributed by atoms with Gasteiger partial charge in [-0.1, -0.05) is 38.8 Å². The lowest BCUT2D eigenvalue weighted by Crippen LogP contribution is -2.38. The second-order valence-electron chi connectivity index (χ2n) is 4.19. The largest absolute Gasteiger partial charge is 0.357 e. The van der Waals surface area contributed by atoms with E-state index < -0.39 is 0 Å². The molecule has 0 rings (SSSR count). The minimum absolute atomic E-state index is 0. The molecule has 0 aliphatic rings. The van der Waals surface area contributed by atoms with Gasteiger partial charge in [-0.3, -0.25) is 4.99 Å². The van der Waals surface area contributed by atoms with Crippen LogP contribution in [0.15, 0.2) is 17.1 Å². The summed E-state index contributed by atoms with van der Waals surface area (Å²) in [6, 6.07) is 0. The van der Waals surface area contributed by atoms with Gasteiger partial charge >= 0.3 is 0 Å². The van der Waals surface area contributed by atoms with Crippen LogP contribution in [0, 0.1) is 5.92 Å². The zero-order valence-corrected chi connectivity index (χ0v) is 14.7. The fourth-order valence-corrected chi connectivity index (χ4v) is 1.55. The molecule has 0 spiro atoms. The van der Waals surface area contributed by atoms with Gasteiger partial charge < -0.3 is 10.6 Å². The van der Waals surface area contributed by atoms with E-state index in [9.17, 15) is 0 Å². The molecule has 0 amide bonds. The highest BCUT2D eigenvalue weighted by atomic mass is 127. The predicted molar refractivity (Wildman–Crippen MR) is 92.9 cm³/mol. The molecule has 0 aromatic carbocycles. The molecule has 18 heavy (non-hydrogen) atoms. The predicted octanol–water partition coefficient (Wildman–Crippen LogP) is 3.56. The first-order chi connectivity index (χ1) is 8.28. The molecule has 2 N–H and O–H groups in total. The van der Waals surface area contributed by atoms with Crippen LogP contribution >= 0.6 is 24.0 Å². The zero-order chi connectivity index (χ0) is 12.9. The molecule has 0 aromatic heterocycles. The second kappa shape index (κ2) is 14.8. The number of rotatable bonds is 8. The maximum atomic E-state index is 4.62. The monoisotopic (exact) mass is 367 g/mol. The zero-order valence-electron chi connectivity index (χ0n) is 12.3. The Morgan fingerprint density at radius 2 is 1.83 bits per heavy atom. The minimum Gasteiger partial charge on any atom is -0.357 e. The average Bonchev–Trinajstić information content (AvgIpc) is 2.35. The number of halogens is 1. The lowest BCUT2D eigenvalue weighted by atomic mass is 10.0. The third-order valence-corrected chi connectivity index (χ3v) is 2.85. The molecule has 0 saturated heterocycles. The van der Waals surface area contributed by atoms with Gasteiger partial charge in [-0.25, -0.2) is 0 Å². The quantitative estimate of drug-likeness (QED) is 0.226. The molecular weight excluding hydrogens is 337 g/mol. The maximum Gasteiger partial charge on any atom is 0.191 e. The molecule has 0 aliphatic heterocycles. The Morgan fingerprint density at radius 3 is 2.33 bits per heavy atom. The van der Waals surface area contributed by atoms with Gasteiger partial charge in [0.25, 0.3) is 0 Å². The van der Waals surface area contributed by atoms with Crippen molar-refractivity contribution in [2.45, 2.75) is 47.0 Å². The Balaban J connectivity index is 0. The van der Waals surface area contributed by atoms with Crippen molar-refractivity contribution in [3.63, 3.8) is 0 Å². The highest BCUT2D eigenvalue weighted by Gasteiger charge is 2.02. The van der Waals surface area contributed by atoms with Gasteiger partial charge in [-0.15, -0.1) is 24.0 Å². The molecule has 0 aliphatic carbocycles. The third kappa shape index (κ3) is 10.9. The third-order valence-electron chi connectivity index (χ3n) is 2.85. The summed E-state index contributed by atoms with van der Waals surface area (Å²) in [4.78, 5) is 4.62. The van der Waals surface area contributed by atoms with E-state index in [1.54, 1.807) is 0 Å². The first-order valence-corrected chi connectivity index (χ1v) is 6.91. The molecule has 0 atom stereocenters. The maximum absolute atomic E-state index is 4.62. The fraction of sp³-hybridized carbons (Fsp3) is 0.786. The molecule has 0 saturated carbocycles. The number of allylic oxidation sites excluding steroid dienone is 1. The summed E-state index contributed by atoms with van der Waals surface area (Å²) in [6.07, 6.45) is 7.70. The molecule has 4 heteroatoms. The van der Waals surface area contributed by atoms with Crippen molar-refractivity contribution in [1.29, 1.82) is 0 Å². The van der Waals surface area contributed by atoms with Crippen LogP contribution in [0.1, 0.15) is 47.0 Å². The average molecular weight is 367 g/mol. The van der Waals surface area contributed by atoms with Crippen LogP contribution < -0.4 is 10.6 Å². The van der Waals surface area contributed by atoms with Crippen molar-refractivity contribution in [3.05, 3.63) is 12.2 Å². The van der Waals surface area contributed by atoms with Crippen LogP contribution in [-0.2, 0) is 0 Å². The van der Waals surface area contributed by atoms with Crippen molar-refractivity contribution in [1.82, 2.24) is 10.6 Å². The minimum atomic E-state index is 0. The summed E-state index contributed by atoms with van der Waals surface area (Å²) in [5.41, 5.74) is 0. The van der Waals surface area contributed by atoms with Crippen LogP contribution in [0.25, 0.3) is 0 Å². The number of aliphatic imine (C=N–C) groups is 1. The van der Waals surface area contributed by atoms with Crippen molar-refractivity contribution in [3.8, 4) is 0 Å². The van der Waals surface area contributed by atoms with Crippen LogP contribution in [0.5, 0.6) is 0 Å². The van der Waals surface area contributed by atoms with E-state index in [1.165, 1.54) is 12.8 Å². The van der Waals surface area contributed by atoms with E-state index in [0.29, 0.717) is 5.92 Å². The summed E-state index contributed by atoms with van der Waals surface area (Å²) in [6.45, 7) is 11.4. The molecule has 0 unspecified atom stereocenters. The van der Waals surface area contributed by atoms with E-state index in [-0.39, 0.29) is 24.0 Å². The van der Waals surface area contributed by atoms with E-state index in [4.69, 9.17) is 0 Å². The normalized spacial score (nSPS) is 11.7. The van der Waals surface area contributed by atoms with Crippen LogP contribution in [0.3, 0.4) is 0 Å². The van der Waals surface area contributed by atoms with E-state index in [2.05, 4.69) is 48.5 Å². The van der Waals surface area contributed by atoms with Gasteiger partial charge in [0.05, 0.1) is 0 Å². The van der Waals surface area contributed by atoms with Crippen LogP contribution in [0.2, 0.25) is 0 Å². The topological polar surface area (TPSA) is 36.4 Å². The molecule has 0 fully saturated rings. The summed E-state index contributed by atoms with van der Waals surface area (Å²) < 4.78 is 0. The molecule has 0 aromatic rings. The number of hydrogen-bond acceptors (Lipinski definition) is 1. The summed E-state index contributed by atoms with van der Waals surface area (Å²) >= 11 is 0. The van der Waals surface area contributed by atoms with Gasteiger partial charge in [-0.2, -0.15) is 0 Å². The lowest BCUT2D eigenvalue weighted by Gasteiger charge is -2.13. The Hall–Kier alpha value is -0.260. The Morgan fingerprint density at radius 1 is 1.17 bits per heavy atom. The first kappa shape index (κ1) is 20.1. The van der Waals surface area contributed by atoms with Crippen LogP contribution in [-0.4, -0.2) is 25.6 Å². The number of nitrogens with one attached hydrogen (secondary N) is 2. The van der Waals surface area contributed by atoms with E-state index >= 15 is 0 Å². The SMILES string of the molecule is C/C=C/CCNC(=NCC(CC)CC)NCC.I. The molecule has 0 bridgehead atoms. The lowest BCUT2D eigenvalue weighted by molar-refractivity contribution is 0.504. The summed E-state index contributed by atoms with van der Waals surface area (Å²) in [7, 11) is 0. The van der Waals surface area contributed by atoms with Gasteiger partial charge in [0.2, 0.25) is 0 Å². The van der Waals surface area contributed by atoms with Crippen molar-refractivity contribution in [2.24, 2.45) is 10.9 Å². The van der Waals surface area contributed by atoms with Gasteiger partial charge in [-0.05, 0) is 26.2 Å². The Bertz CT molecular complexity index is 223. The highest BCUT2D eigenvalue weighted by Crippen LogP contribution is 2.06. The van der Waals surface area contributed by atoms with Gasteiger partial charge in [0, 0.05) is 19.6 Å². The summed E-state index contributed by atoms with van der Waals surface area (Å²) in [5, 5.41) is 6.62. The Kier molecular flexibility index (Phi) is 16.5. The van der Waals surface area contributed by atoms with Crippen molar-refractivity contribution >= 4 is 29.9 Å². The molecule has 0 heterocycles. The fourth-order valence-electron chi connectivity index (χ4n) is 1.55. The summed E-state index contributed by atoms with van der Waals surface area (Å²) in [5.74, 6) is 1.66. The number of guanidine groups is 1. The van der Waals surface area contributed by atoms with Gasteiger partial charge in [0.15, 0.2) is 5.96 Å². The molecule has 3 nitrogen and oxygen atoms in total. The van der Waals surface area contributed by atoms with E-state index in [0.717, 1.165) is 32.0 Å². The number of nitrogens with zero attached hydrogens (tertiary/aromatic N) is 1. The van der Waals surface area contributed by atoms with Crippen molar-refractivity contribution in [2.75, 3.05) is 19.6 Å². The number of hydrogen-bond donors (Lipinski definition) is 2. The molecule has 0 radical (unpaired) electrons. The standard InChI is InChI=1S/C14H29N3.HI/c1-5-9-10-11-16-14(15-8-4)17-12-13(6-2)7-3;/h5,9,13H,6-8,10-12H2,1-4H3,(H2,15,16,17);1H/b9-5+;. The highest BCUT2D eigenvalue weighted by molar-refractivity contribution is 14.0. The second-order valence-corrected chi connectivity index (χ2v) is 4.19. The Labute approximate surface area is 130 Å². The molecule has 108 valence electrons. The van der Waals surface area contributed by atoms with Crippen LogP contribution in [0.4, 0.5) is 0 Å². The van der Waals surface area contributed by atoms with Crippen molar-refractivity contribution < 1.29 is 0 Å². The molecular formula is C14H30IN3. The smallest absolute Gasteiger partial charge is 0.191 e. The van der Waals surface area contributed by atoms with E-state index in [1.807, 2.05) is 6.92 Å².